The number of ketones is 1. The lowest BCUT2D eigenvalue weighted by Crippen LogP contribution is -2.04. The molecule has 3 heterocycles. The average molecular weight is 255 g/mol. The molecule has 0 bridgehead atoms. The van der Waals surface area contributed by atoms with Gasteiger partial charge in [-0.25, -0.2) is 4.52 Å². The Morgan fingerprint density at radius 1 is 1.26 bits per heavy atom. The molecule has 0 unspecified atom stereocenters. The third-order valence-electron chi connectivity index (χ3n) is 3.16. The summed E-state index contributed by atoms with van der Waals surface area (Å²) in [4.78, 5) is 16.2. The fourth-order valence-corrected chi connectivity index (χ4v) is 2.07. The molecule has 3 aromatic heterocycles. The van der Waals surface area contributed by atoms with Crippen molar-refractivity contribution in [3.63, 3.8) is 0 Å². The van der Waals surface area contributed by atoms with Gasteiger partial charge in [-0.1, -0.05) is 0 Å². The van der Waals surface area contributed by atoms with Gasteiger partial charge in [-0.3, -0.25) is 14.5 Å². The minimum atomic E-state index is 0.0733. The highest BCUT2D eigenvalue weighted by Gasteiger charge is 2.13. The van der Waals surface area contributed by atoms with Crippen LogP contribution in [0.25, 0.3) is 5.52 Å². The zero-order valence-corrected chi connectivity index (χ0v) is 10.5. The van der Waals surface area contributed by atoms with Gasteiger partial charge in [-0.15, -0.1) is 0 Å². The second kappa shape index (κ2) is 4.64. The summed E-state index contributed by atoms with van der Waals surface area (Å²) in [6.45, 7) is 0. The van der Waals surface area contributed by atoms with Crippen molar-refractivity contribution < 1.29 is 4.79 Å². The number of fused-ring (bicyclic) bond motifs is 1. The van der Waals surface area contributed by atoms with Crippen molar-refractivity contribution in [3.05, 3.63) is 48.3 Å². The molecule has 0 aliphatic rings. The molecule has 6 nitrogen and oxygen atoms in total. The molecule has 0 saturated heterocycles. The topological polar surface area (TPSA) is 65.1 Å². The maximum Gasteiger partial charge on any atom is 0.167 e. The van der Waals surface area contributed by atoms with E-state index >= 15 is 0 Å². The van der Waals surface area contributed by atoms with Gasteiger partial charge >= 0.3 is 0 Å². The molecule has 0 aliphatic heterocycles. The summed E-state index contributed by atoms with van der Waals surface area (Å²) in [5.74, 6) is 0.0733. The molecule has 6 heteroatoms. The molecule has 0 radical (unpaired) electrons. The number of hydrogen-bond acceptors (Lipinski definition) is 4. The van der Waals surface area contributed by atoms with E-state index in [1.165, 1.54) is 0 Å². The van der Waals surface area contributed by atoms with Crippen molar-refractivity contribution in [1.29, 1.82) is 0 Å². The summed E-state index contributed by atoms with van der Waals surface area (Å²) in [5.41, 5.74) is 2.41. The van der Waals surface area contributed by atoms with E-state index in [9.17, 15) is 4.79 Å². The van der Waals surface area contributed by atoms with E-state index in [2.05, 4.69) is 15.2 Å². The van der Waals surface area contributed by atoms with Crippen LogP contribution in [0.2, 0.25) is 0 Å². The summed E-state index contributed by atoms with van der Waals surface area (Å²) in [7, 11) is 1.87. The quantitative estimate of drug-likeness (QED) is 0.659. The molecule has 3 rings (SSSR count). The second-order valence-electron chi connectivity index (χ2n) is 4.33. The average Bonchev–Trinajstić information content (AvgIpc) is 3.02. The molecule has 0 fully saturated rings. The third-order valence-corrected chi connectivity index (χ3v) is 3.16. The third kappa shape index (κ3) is 2.12. The standard InChI is InChI=1S/C13H13N5O/c1-17-10(4-5-15-17)2-3-13(19)11-8-16-18-7-6-14-9-12(11)18/h4-9H,2-3H2,1H3. The number of carbonyl (C=O) groups is 1. The van der Waals surface area contributed by atoms with Crippen LogP contribution in [0.15, 0.2) is 37.1 Å². The largest absolute Gasteiger partial charge is 0.294 e. The molecule has 0 aromatic carbocycles. The van der Waals surface area contributed by atoms with E-state index in [1.54, 1.807) is 40.2 Å². The molecular formula is C13H13N5O. The molecular weight excluding hydrogens is 242 g/mol. The van der Waals surface area contributed by atoms with Gasteiger partial charge in [0.05, 0.1) is 23.5 Å². The Hall–Kier alpha value is -2.50. The molecule has 0 amide bonds. The van der Waals surface area contributed by atoms with E-state index in [0.29, 0.717) is 18.4 Å². The van der Waals surface area contributed by atoms with E-state index in [1.807, 2.05) is 13.1 Å². The Bertz CT molecular complexity index is 727. The van der Waals surface area contributed by atoms with Crippen LogP contribution < -0.4 is 0 Å². The van der Waals surface area contributed by atoms with Gasteiger partial charge in [0.1, 0.15) is 0 Å². The summed E-state index contributed by atoms with van der Waals surface area (Å²) in [5, 5.41) is 8.23. The summed E-state index contributed by atoms with van der Waals surface area (Å²) in [6, 6.07) is 1.92. The maximum atomic E-state index is 12.2. The number of Topliss-reactive ketones (excluding diaryl/α,β-unsaturated/α-hetero) is 1. The van der Waals surface area contributed by atoms with Crippen LogP contribution in [0.3, 0.4) is 0 Å². The van der Waals surface area contributed by atoms with E-state index in [0.717, 1.165) is 11.2 Å². The predicted octanol–water partition coefficient (Wildman–Crippen LogP) is 1.28. The molecule has 0 spiro atoms. The maximum absolute atomic E-state index is 12.2. The minimum Gasteiger partial charge on any atom is -0.294 e. The molecule has 3 aromatic rings. The lowest BCUT2D eigenvalue weighted by atomic mass is 10.1. The Balaban J connectivity index is 1.79. The molecule has 0 saturated carbocycles. The van der Waals surface area contributed by atoms with Crippen LogP contribution in [0.4, 0.5) is 0 Å². The van der Waals surface area contributed by atoms with Gasteiger partial charge in [-0.2, -0.15) is 10.2 Å². The van der Waals surface area contributed by atoms with Crippen LogP contribution in [0.1, 0.15) is 22.5 Å². The number of aromatic nitrogens is 5. The molecule has 19 heavy (non-hydrogen) atoms. The minimum absolute atomic E-state index is 0.0733. The van der Waals surface area contributed by atoms with Gasteiger partial charge in [0.15, 0.2) is 5.78 Å². The lowest BCUT2D eigenvalue weighted by Gasteiger charge is -2.01. The molecule has 0 N–H and O–H groups in total. The van der Waals surface area contributed by atoms with Gasteiger partial charge in [0.25, 0.3) is 0 Å². The Kier molecular flexibility index (Phi) is 2.83. The molecule has 0 atom stereocenters. The fraction of sp³-hybridized carbons (Fsp3) is 0.231. The van der Waals surface area contributed by atoms with Gasteiger partial charge in [-0.05, 0) is 12.5 Å². The van der Waals surface area contributed by atoms with Crippen LogP contribution in [0.5, 0.6) is 0 Å². The summed E-state index contributed by atoms with van der Waals surface area (Å²) >= 11 is 0. The summed E-state index contributed by atoms with van der Waals surface area (Å²) in [6.07, 6.45) is 9.48. The first-order chi connectivity index (χ1) is 9.25. The predicted molar refractivity (Wildman–Crippen MR) is 68.8 cm³/mol. The Morgan fingerprint density at radius 2 is 2.16 bits per heavy atom. The van der Waals surface area contributed by atoms with Crippen LogP contribution in [-0.2, 0) is 13.5 Å². The number of aryl methyl sites for hydroxylation is 2. The number of carbonyl (C=O) groups excluding carboxylic acids is 1. The highest BCUT2D eigenvalue weighted by atomic mass is 16.1. The number of rotatable bonds is 4. The lowest BCUT2D eigenvalue weighted by molar-refractivity contribution is 0.0984. The zero-order chi connectivity index (χ0) is 13.2. The van der Waals surface area contributed by atoms with Crippen molar-refractivity contribution in [3.8, 4) is 0 Å². The first kappa shape index (κ1) is 11.6. The van der Waals surface area contributed by atoms with Crippen molar-refractivity contribution in [1.82, 2.24) is 24.4 Å². The van der Waals surface area contributed by atoms with E-state index in [-0.39, 0.29) is 5.78 Å². The summed E-state index contributed by atoms with van der Waals surface area (Å²) < 4.78 is 3.44. The van der Waals surface area contributed by atoms with Crippen molar-refractivity contribution in [2.45, 2.75) is 12.8 Å². The first-order valence-corrected chi connectivity index (χ1v) is 6.03. The van der Waals surface area contributed by atoms with E-state index in [4.69, 9.17) is 0 Å². The number of hydrogen-bond donors (Lipinski definition) is 0. The highest BCUT2D eigenvalue weighted by molar-refractivity contribution is 6.02. The van der Waals surface area contributed by atoms with Crippen molar-refractivity contribution in [2.24, 2.45) is 7.05 Å². The second-order valence-corrected chi connectivity index (χ2v) is 4.33. The van der Waals surface area contributed by atoms with Gasteiger partial charge in [0.2, 0.25) is 0 Å². The first-order valence-electron chi connectivity index (χ1n) is 6.03. The van der Waals surface area contributed by atoms with Crippen LogP contribution >= 0.6 is 0 Å². The SMILES string of the molecule is Cn1nccc1CCC(=O)c1cnn2ccncc12. The normalized spacial score (nSPS) is 11.0. The van der Waals surface area contributed by atoms with Crippen LogP contribution in [-0.4, -0.2) is 30.2 Å². The smallest absolute Gasteiger partial charge is 0.167 e. The number of nitrogens with zero attached hydrogens (tertiary/aromatic N) is 5. The van der Waals surface area contributed by atoms with Crippen molar-refractivity contribution in [2.75, 3.05) is 0 Å². The van der Waals surface area contributed by atoms with Crippen LogP contribution in [0, 0.1) is 0 Å². The fourth-order valence-electron chi connectivity index (χ4n) is 2.07. The van der Waals surface area contributed by atoms with Gasteiger partial charge < -0.3 is 0 Å². The van der Waals surface area contributed by atoms with Crippen molar-refractivity contribution >= 4 is 11.3 Å². The Morgan fingerprint density at radius 3 is 2.95 bits per heavy atom. The monoisotopic (exact) mass is 255 g/mol. The van der Waals surface area contributed by atoms with Gasteiger partial charge in [0, 0.05) is 37.8 Å². The molecule has 96 valence electrons. The zero-order valence-electron chi connectivity index (χ0n) is 10.5. The van der Waals surface area contributed by atoms with E-state index < -0.39 is 0 Å². The molecule has 0 aliphatic carbocycles. The Labute approximate surface area is 109 Å². The highest BCUT2D eigenvalue weighted by Crippen LogP contribution is 2.13.